The summed E-state index contributed by atoms with van der Waals surface area (Å²) in [7, 11) is 0. The molecule has 2 aliphatic carbocycles. The van der Waals surface area contributed by atoms with E-state index in [9.17, 15) is 0 Å². The Morgan fingerprint density at radius 3 is 2.62 bits per heavy atom. The summed E-state index contributed by atoms with van der Waals surface area (Å²) < 4.78 is 0. The third kappa shape index (κ3) is 1.43. The summed E-state index contributed by atoms with van der Waals surface area (Å²) in [5.74, 6) is 2.62. The van der Waals surface area contributed by atoms with Gasteiger partial charge in [0.15, 0.2) is 0 Å². The van der Waals surface area contributed by atoms with Crippen molar-refractivity contribution in [3.63, 3.8) is 0 Å². The van der Waals surface area contributed by atoms with Gasteiger partial charge in [-0.1, -0.05) is 26.0 Å². The molecular formula is C12H21N. The monoisotopic (exact) mass is 179 g/mol. The molecule has 0 aromatic rings. The zero-order valence-electron chi connectivity index (χ0n) is 8.79. The molecule has 0 radical (unpaired) electrons. The molecule has 0 aliphatic heterocycles. The van der Waals surface area contributed by atoms with Gasteiger partial charge in [0.2, 0.25) is 0 Å². The molecule has 3 unspecified atom stereocenters. The molecule has 1 nitrogen and oxygen atoms in total. The lowest BCUT2D eigenvalue weighted by atomic mass is 9.87. The summed E-state index contributed by atoms with van der Waals surface area (Å²) in [6, 6.07) is 0. The fourth-order valence-electron chi connectivity index (χ4n) is 3.32. The number of rotatable bonds is 2. The van der Waals surface area contributed by atoms with Crippen LogP contribution in [0.5, 0.6) is 0 Å². The Morgan fingerprint density at radius 1 is 1.38 bits per heavy atom. The van der Waals surface area contributed by atoms with E-state index in [2.05, 4.69) is 26.0 Å². The van der Waals surface area contributed by atoms with Gasteiger partial charge < -0.3 is 5.73 Å². The number of allylic oxidation sites excluding steroid dienone is 2. The van der Waals surface area contributed by atoms with Crippen LogP contribution in [0.25, 0.3) is 0 Å². The summed E-state index contributed by atoms with van der Waals surface area (Å²) in [5.41, 5.74) is 6.32. The topological polar surface area (TPSA) is 26.0 Å². The predicted octanol–water partition coefficient (Wildman–Crippen LogP) is 2.57. The summed E-state index contributed by atoms with van der Waals surface area (Å²) >= 11 is 0. The molecule has 1 saturated carbocycles. The molecule has 0 aromatic carbocycles. The van der Waals surface area contributed by atoms with E-state index < -0.39 is 0 Å². The van der Waals surface area contributed by atoms with Crippen molar-refractivity contribution in [1.82, 2.24) is 0 Å². The van der Waals surface area contributed by atoms with Gasteiger partial charge in [-0.25, -0.2) is 0 Å². The van der Waals surface area contributed by atoms with E-state index in [1.54, 1.807) is 0 Å². The van der Waals surface area contributed by atoms with E-state index in [-0.39, 0.29) is 0 Å². The normalized spacial score (nSPS) is 41.9. The van der Waals surface area contributed by atoms with Crippen molar-refractivity contribution in [2.45, 2.75) is 33.1 Å². The highest BCUT2D eigenvalue weighted by molar-refractivity contribution is 5.10. The highest BCUT2D eigenvalue weighted by atomic mass is 14.7. The van der Waals surface area contributed by atoms with Gasteiger partial charge >= 0.3 is 0 Å². The van der Waals surface area contributed by atoms with Gasteiger partial charge in [0, 0.05) is 0 Å². The van der Waals surface area contributed by atoms with Gasteiger partial charge in [0.25, 0.3) is 0 Å². The molecule has 0 amide bonds. The molecule has 0 heterocycles. The Hall–Kier alpha value is -0.300. The number of hydrogen-bond acceptors (Lipinski definition) is 1. The smallest absolute Gasteiger partial charge is 0.00407 e. The predicted molar refractivity (Wildman–Crippen MR) is 56.3 cm³/mol. The van der Waals surface area contributed by atoms with E-state index in [1.165, 1.54) is 19.3 Å². The van der Waals surface area contributed by atoms with Crippen LogP contribution in [-0.2, 0) is 0 Å². The standard InChI is InChI=1S/C12H21N/c1-12(2)10(8-13)11(12)9-6-4-3-5-7-9/h3-4,9-11H,5-8,13H2,1-2H3. The van der Waals surface area contributed by atoms with Crippen molar-refractivity contribution in [2.75, 3.05) is 6.54 Å². The van der Waals surface area contributed by atoms with Crippen LogP contribution in [-0.4, -0.2) is 6.54 Å². The van der Waals surface area contributed by atoms with Gasteiger partial charge in [0.1, 0.15) is 0 Å². The molecule has 0 spiro atoms. The minimum absolute atomic E-state index is 0.532. The number of hydrogen-bond donors (Lipinski definition) is 1. The van der Waals surface area contributed by atoms with Gasteiger partial charge in [0.05, 0.1) is 0 Å². The van der Waals surface area contributed by atoms with Gasteiger partial charge in [-0.15, -0.1) is 0 Å². The van der Waals surface area contributed by atoms with Crippen LogP contribution >= 0.6 is 0 Å². The van der Waals surface area contributed by atoms with Gasteiger partial charge in [-0.05, 0) is 49.0 Å². The van der Waals surface area contributed by atoms with Crippen molar-refractivity contribution in [3.8, 4) is 0 Å². The average Bonchev–Trinajstić information content (AvgIpc) is 2.69. The summed E-state index contributed by atoms with van der Waals surface area (Å²) in [6.07, 6.45) is 8.65. The van der Waals surface area contributed by atoms with Crippen molar-refractivity contribution in [3.05, 3.63) is 12.2 Å². The van der Waals surface area contributed by atoms with Crippen LogP contribution in [0.15, 0.2) is 12.2 Å². The van der Waals surface area contributed by atoms with Crippen LogP contribution in [0.1, 0.15) is 33.1 Å². The van der Waals surface area contributed by atoms with Crippen LogP contribution in [0.2, 0.25) is 0 Å². The van der Waals surface area contributed by atoms with E-state index in [0.29, 0.717) is 5.41 Å². The Labute approximate surface area is 81.4 Å². The Bertz CT molecular complexity index is 217. The van der Waals surface area contributed by atoms with Crippen LogP contribution in [0, 0.1) is 23.2 Å². The van der Waals surface area contributed by atoms with E-state index in [4.69, 9.17) is 5.73 Å². The fraction of sp³-hybridized carbons (Fsp3) is 0.833. The lowest BCUT2D eigenvalue weighted by Crippen LogP contribution is -2.10. The SMILES string of the molecule is CC1(C)C(CN)C1C1CC=CCC1. The van der Waals surface area contributed by atoms with Crippen molar-refractivity contribution in [1.29, 1.82) is 0 Å². The summed E-state index contributed by atoms with van der Waals surface area (Å²) in [5, 5.41) is 0. The maximum atomic E-state index is 5.79. The Morgan fingerprint density at radius 2 is 2.15 bits per heavy atom. The second-order valence-corrected chi connectivity index (χ2v) is 5.23. The highest BCUT2D eigenvalue weighted by Crippen LogP contribution is 2.62. The van der Waals surface area contributed by atoms with Gasteiger partial charge in [-0.2, -0.15) is 0 Å². The third-order valence-corrected chi connectivity index (χ3v) is 4.21. The van der Waals surface area contributed by atoms with Crippen LogP contribution < -0.4 is 5.73 Å². The molecule has 1 fully saturated rings. The summed E-state index contributed by atoms with van der Waals surface area (Å²) in [6.45, 7) is 5.65. The van der Waals surface area contributed by atoms with Crippen molar-refractivity contribution < 1.29 is 0 Å². The molecule has 13 heavy (non-hydrogen) atoms. The lowest BCUT2D eigenvalue weighted by molar-refractivity contribution is 0.364. The largest absolute Gasteiger partial charge is 0.330 e. The lowest BCUT2D eigenvalue weighted by Gasteiger charge is -2.19. The maximum Gasteiger partial charge on any atom is -0.00407 e. The van der Waals surface area contributed by atoms with Crippen LogP contribution in [0.3, 0.4) is 0 Å². The Kier molecular flexibility index (Phi) is 2.23. The zero-order chi connectivity index (χ0) is 9.47. The molecule has 2 N–H and O–H groups in total. The second-order valence-electron chi connectivity index (χ2n) is 5.23. The zero-order valence-corrected chi connectivity index (χ0v) is 8.79. The molecule has 0 saturated heterocycles. The van der Waals surface area contributed by atoms with Gasteiger partial charge in [-0.3, -0.25) is 0 Å². The third-order valence-electron chi connectivity index (χ3n) is 4.21. The van der Waals surface area contributed by atoms with Crippen molar-refractivity contribution >= 4 is 0 Å². The molecule has 0 bridgehead atoms. The van der Waals surface area contributed by atoms with Crippen LogP contribution in [0.4, 0.5) is 0 Å². The van der Waals surface area contributed by atoms with E-state index in [0.717, 1.165) is 24.3 Å². The first-order valence-corrected chi connectivity index (χ1v) is 5.53. The summed E-state index contributed by atoms with van der Waals surface area (Å²) in [4.78, 5) is 0. The molecular weight excluding hydrogens is 158 g/mol. The van der Waals surface area contributed by atoms with E-state index >= 15 is 0 Å². The second kappa shape index (κ2) is 3.13. The molecule has 1 heteroatoms. The molecule has 0 aromatic heterocycles. The number of nitrogens with two attached hydrogens (primary N) is 1. The molecule has 74 valence electrons. The minimum Gasteiger partial charge on any atom is -0.330 e. The van der Waals surface area contributed by atoms with Crippen molar-refractivity contribution in [2.24, 2.45) is 28.9 Å². The first-order chi connectivity index (χ1) is 6.18. The first-order valence-electron chi connectivity index (χ1n) is 5.53. The van der Waals surface area contributed by atoms with E-state index in [1.807, 2.05) is 0 Å². The molecule has 2 rings (SSSR count). The fourth-order valence-corrected chi connectivity index (χ4v) is 3.32. The molecule has 2 aliphatic rings. The Balaban J connectivity index is 1.99. The highest BCUT2D eigenvalue weighted by Gasteiger charge is 2.58. The average molecular weight is 179 g/mol. The quantitative estimate of drug-likeness (QED) is 0.648. The minimum atomic E-state index is 0.532. The first kappa shape index (κ1) is 9.26. The molecule has 3 atom stereocenters. The maximum absolute atomic E-state index is 5.79.